The molecule has 14 heavy (non-hydrogen) atoms. The third kappa shape index (κ3) is 2.94. The van der Waals surface area contributed by atoms with Gasteiger partial charge < -0.3 is 10.4 Å². The second-order valence-corrected chi connectivity index (χ2v) is 2.87. The van der Waals surface area contributed by atoms with E-state index in [0.29, 0.717) is 13.0 Å². The van der Waals surface area contributed by atoms with E-state index in [1.165, 1.54) is 6.08 Å². The van der Waals surface area contributed by atoms with Gasteiger partial charge in [0.2, 0.25) is 5.91 Å². The van der Waals surface area contributed by atoms with Crippen LogP contribution in [0.1, 0.15) is 5.56 Å². The lowest BCUT2D eigenvalue weighted by molar-refractivity contribution is -0.116. The molecular formula is C11H13NO2. The lowest BCUT2D eigenvalue weighted by atomic mass is 10.1. The van der Waals surface area contributed by atoms with Crippen LogP contribution < -0.4 is 5.32 Å². The van der Waals surface area contributed by atoms with Gasteiger partial charge in [-0.1, -0.05) is 24.8 Å². The Morgan fingerprint density at radius 2 is 2.21 bits per heavy atom. The van der Waals surface area contributed by atoms with Crippen LogP contribution in [0, 0.1) is 0 Å². The lowest BCUT2D eigenvalue weighted by Crippen LogP contribution is -2.23. The Labute approximate surface area is 83.1 Å². The van der Waals surface area contributed by atoms with E-state index in [2.05, 4.69) is 11.9 Å². The zero-order chi connectivity index (χ0) is 10.4. The van der Waals surface area contributed by atoms with Crippen LogP contribution >= 0.6 is 0 Å². The maximum Gasteiger partial charge on any atom is 0.243 e. The zero-order valence-electron chi connectivity index (χ0n) is 7.86. The van der Waals surface area contributed by atoms with Crippen molar-refractivity contribution in [2.75, 3.05) is 6.54 Å². The topological polar surface area (TPSA) is 49.3 Å². The third-order valence-electron chi connectivity index (χ3n) is 1.87. The minimum absolute atomic E-state index is 0.194. The summed E-state index contributed by atoms with van der Waals surface area (Å²) in [6.45, 7) is 3.84. The molecule has 0 aliphatic heterocycles. The molecule has 1 rings (SSSR count). The smallest absolute Gasteiger partial charge is 0.243 e. The number of rotatable bonds is 4. The SMILES string of the molecule is C=CC(=O)NCCc1ccccc1O. The number of aromatic hydroxyl groups is 1. The minimum Gasteiger partial charge on any atom is -0.508 e. The van der Waals surface area contributed by atoms with Crippen LogP contribution in [-0.2, 0) is 11.2 Å². The average molecular weight is 191 g/mol. The Morgan fingerprint density at radius 3 is 2.86 bits per heavy atom. The van der Waals surface area contributed by atoms with Crippen molar-refractivity contribution in [2.45, 2.75) is 6.42 Å². The summed E-state index contributed by atoms with van der Waals surface area (Å²) in [5.74, 6) is 0.0702. The van der Waals surface area contributed by atoms with E-state index in [9.17, 15) is 9.90 Å². The first-order valence-electron chi connectivity index (χ1n) is 4.41. The number of phenolic OH excluding ortho intramolecular Hbond substituents is 1. The lowest BCUT2D eigenvalue weighted by Gasteiger charge is -2.04. The summed E-state index contributed by atoms with van der Waals surface area (Å²) in [7, 11) is 0. The Bertz CT molecular complexity index is 334. The fraction of sp³-hybridized carbons (Fsp3) is 0.182. The highest BCUT2D eigenvalue weighted by atomic mass is 16.3. The van der Waals surface area contributed by atoms with Crippen molar-refractivity contribution in [1.29, 1.82) is 0 Å². The molecule has 74 valence electrons. The Hall–Kier alpha value is -1.77. The van der Waals surface area contributed by atoms with Gasteiger partial charge in [0.1, 0.15) is 5.75 Å². The number of hydrogen-bond acceptors (Lipinski definition) is 2. The van der Waals surface area contributed by atoms with Crippen LogP contribution in [0.15, 0.2) is 36.9 Å². The normalized spacial score (nSPS) is 9.43. The number of para-hydroxylation sites is 1. The van der Waals surface area contributed by atoms with Gasteiger partial charge in [0, 0.05) is 6.54 Å². The Kier molecular flexibility index (Phi) is 3.73. The van der Waals surface area contributed by atoms with Crippen molar-refractivity contribution >= 4 is 5.91 Å². The molecule has 0 aromatic heterocycles. The van der Waals surface area contributed by atoms with E-state index in [-0.39, 0.29) is 11.7 Å². The van der Waals surface area contributed by atoms with Gasteiger partial charge in [0.15, 0.2) is 0 Å². The molecule has 1 amide bonds. The highest BCUT2D eigenvalue weighted by molar-refractivity contribution is 5.86. The van der Waals surface area contributed by atoms with E-state index in [1.54, 1.807) is 12.1 Å². The molecule has 3 nitrogen and oxygen atoms in total. The number of amides is 1. The summed E-state index contributed by atoms with van der Waals surface area (Å²) < 4.78 is 0. The van der Waals surface area contributed by atoms with Gasteiger partial charge in [0.25, 0.3) is 0 Å². The summed E-state index contributed by atoms with van der Waals surface area (Å²) >= 11 is 0. The molecule has 2 N–H and O–H groups in total. The van der Waals surface area contributed by atoms with Gasteiger partial charge in [-0.25, -0.2) is 0 Å². The van der Waals surface area contributed by atoms with Gasteiger partial charge in [0.05, 0.1) is 0 Å². The summed E-state index contributed by atoms with van der Waals surface area (Å²) in [5.41, 5.74) is 0.830. The average Bonchev–Trinajstić information content (AvgIpc) is 2.20. The van der Waals surface area contributed by atoms with Crippen molar-refractivity contribution in [1.82, 2.24) is 5.32 Å². The summed E-state index contributed by atoms with van der Waals surface area (Å²) in [6, 6.07) is 7.07. The van der Waals surface area contributed by atoms with Gasteiger partial charge >= 0.3 is 0 Å². The molecule has 0 unspecified atom stereocenters. The second kappa shape index (κ2) is 5.07. The number of carbonyl (C=O) groups is 1. The second-order valence-electron chi connectivity index (χ2n) is 2.87. The summed E-state index contributed by atoms with van der Waals surface area (Å²) in [5, 5.41) is 12.0. The fourth-order valence-corrected chi connectivity index (χ4v) is 1.11. The van der Waals surface area contributed by atoms with Gasteiger partial charge in [-0.05, 0) is 24.1 Å². The quantitative estimate of drug-likeness (QED) is 0.703. The monoisotopic (exact) mass is 191 g/mol. The first kappa shape index (κ1) is 10.3. The molecule has 0 spiro atoms. The van der Waals surface area contributed by atoms with E-state index >= 15 is 0 Å². The molecule has 0 aliphatic carbocycles. The van der Waals surface area contributed by atoms with Crippen molar-refractivity contribution < 1.29 is 9.90 Å². The Morgan fingerprint density at radius 1 is 1.50 bits per heavy atom. The van der Waals surface area contributed by atoms with Crippen LogP contribution in [0.2, 0.25) is 0 Å². The maximum absolute atomic E-state index is 10.8. The molecule has 3 heteroatoms. The predicted octanol–water partition coefficient (Wildman–Crippen LogP) is 1.24. The number of nitrogens with one attached hydrogen (secondary N) is 1. The largest absolute Gasteiger partial charge is 0.508 e. The van der Waals surface area contributed by atoms with Crippen LogP contribution in [0.4, 0.5) is 0 Å². The standard InChI is InChI=1S/C11H13NO2/c1-2-11(14)12-8-7-9-5-3-4-6-10(9)13/h2-6,13H,1,7-8H2,(H,12,14). The van der Waals surface area contributed by atoms with Crippen LogP contribution in [0.3, 0.4) is 0 Å². The molecular weight excluding hydrogens is 178 g/mol. The Balaban J connectivity index is 2.42. The van der Waals surface area contributed by atoms with Gasteiger partial charge in [-0.3, -0.25) is 4.79 Å². The van der Waals surface area contributed by atoms with Crippen LogP contribution in [-0.4, -0.2) is 17.6 Å². The highest BCUT2D eigenvalue weighted by Gasteiger charge is 1.99. The minimum atomic E-state index is -0.194. The van der Waals surface area contributed by atoms with Crippen molar-refractivity contribution in [3.8, 4) is 5.75 Å². The summed E-state index contributed by atoms with van der Waals surface area (Å²) in [4.78, 5) is 10.8. The maximum atomic E-state index is 10.8. The van der Waals surface area contributed by atoms with Gasteiger partial charge in [-0.15, -0.1) is 0 Å². The first-order chi connectivity index (χ1) is 6.74. The number of carbonyl (C=O) groups excluding carboxylic acids is 1. The highest BCUT2D eigenvalue weighted by Crippen LogP contribution is 2.15. The zero-order valence-corrected chi connectivity index (χ0v) is 7.86. The van der Waals surface area contributed by atoms with E-state index < -0.39 is 0 Å². The third-order valence-corrected chi connectivity index (χ3v) is 1.87. The van der Waals surface area contributed by atoms with Gasteiger partial charge in [-0.2, -0.15) is 0 Å². The molecule has 0 saturated heterocycles. The molecule has 0 fully saturated rings. The molecule has 0 aliphatic rings. The van der Waals surface area contributed by atoms with Crippen molar-refractivity contribution in [2.24, 2.45) is 0 Å². The van der Waals surface area contributed by atoms with E-state index in [4.69, 9.17) is 0 Å². The number of phenols is 1. The molecule has 0 atom stereocenters. The molecule has 0 bridgehead atoms. The van der Waals surface area contributed by atoms with Crippen molar-refractivity contribution in [3.63, 3.8) is 0 Å². The molecule has 1 aromatic carbocycles. The van der Waals surface area contributed by atoms with Crippen LogP contribution in [0.25, 0.3) is 0 Å². The molecule has 0 heterocycles. The predicted molar refractivity (Wildman–Crippen MR) is 55.0 cm³/mol. The number of hydrogen-bond donors (Lipinski definition) is 2. The van der Waals surface area contributed by atoms with Crippen LogP contribution in [0.5, 0.6) is 5.75 Å². The summed E-state index contributed by atoms with van der Waals surface area (Å²) in [6.07, 6.45) is 1.84. The fourth-order valence-electron chi connectivity index (χ4n) is 1.11. The first-order valence-corrected chi connectivity index (χ1v) is 4.41. The van der Waals surface area contributed by atoms with E-state index in [0.717, 1.165) is 5.56 Å². The molecule has 1 aromatic rings. The molecule has 0 radical (unpaired) electrons. The van der Waals surface area contributed by atoms with E-state index in [1.807, 2.05) is 12.1 Å². The number of benzene rings is 1. The molecule has 0 saturated carbocycles. The van der Waals surface area contributed by atoms with Crippen molar-refractivity contribution in [3.05, 3.63) is 42.5 Å².